The predicted octanol–water partition coefficient (Wildman–Crippen LogP) is 1.79. The van der Waals surface area contributed by atoms with Gasteiger partial charge in [0.25, 0.3) is 0 Å². The normalized spacial score (nSPS) is 9.94. The van der Waals surface area contributed by atoms with E-state index in [2.05, 4.69) is 21.2 Å². The van der Waals surface area contributed by atoms with Gasteiger partial charge in [0.1, 0.15) is 6.61 Å². The third-order valence-electron chi connectivity index (χ3n) is 2.12. The molecule has 0 radical (unpaired) electrons. The molecule has 6 heteroatoms. The summed E-state index contributed by atoms with van der Waals surface area (Å²) < 4.78 is 10.4. The summed E-state index contributed by atoms with van der Waals surface area (Å²) in [5, 5.41) is 12.1. The number of carbonyl (C=O) groups is 1. The Morgan fingerprint density at radius 3 is 2.83 bits per heavy atom. The number of nitrogens with one attached hydrogen (secondary N) is 1. The first-order valence-corrected chi connectivity index (χ1v) is 6.61. The molecule has 0 aliphatic carbocycles. The summed E-state index contributed by atoms with van der Waals surface area (Å²) in [6.45, 7) is 0.0957. The SMILES string of the molecule is COc1ccc(NC(=O)CCBr)cc1OCCO. The number of benzene rings is 1. The second-order valence-electron chi connectivity index (χ2n) is 3.42. The van der Waals surface area contributed by atoms with Crippen molar-refractivity contribution in [3.63, 3.8) is 0 Å². The zero-order valence-corrected chi connectivity index (χ0v) is 11.7. The van der Waals surface area contributed by atoms with Gasteiger partial charge in [0.15, 0.2) is 11.5 Å². The van der Waals surface area contributed by atoms with Crippen molar-refractivity contribution in [1.82, 2.24) is 0 Å². The number of alkyl halides is 1. The summed E-state index contributed by atoms with van der Waals surface area (Å²) in [5.74, 6) is 0.968. The lowest BCUT2D eigenvalue weighted by Crippen LogP contribution is -2.12. The minimum atomic E-state index is -0.0800. The molecule has 0 aromatic heterocycles. The van der Waals surface area contributed by atoms with Gasteiger partial charge in [-0.3, -0.25) is 4.79 Å². The van der Waals surface area contributed by atoms with E-state index in [0.717, 1.165) is 0 Å². The van der Waals surface area contributed by atoms with E-state index in [1.165, 1.54) is 7.11 Å². The molecule has 0 unspecified atom stereocenters. The summed E-state index contributed by atoms with van der Waals surface area (Å²) in [5.41, 5.74) is 0.634. The van der Waals surface area contributed by atoms with Crippen molar-refractivity contribution in [2.24, 2.45) is 0 Å². The first-order valence-electron chi connectivity index (χ1n) is 5.48. The zero-order valence-electron chi connectivity index (χ0n) is 10.1. The molecule has 0 aliphatic heterocycles. The molecule has 18 heavy (non-hydrogen) atoms. The van der Waals surface area contributed by atoms with Crippen molar-refractivity contribution in [3.8, 4) is 11.5 Å². The van der Waals surface area contributed by atoms with Crippen LogP contribution in [0.15, 0.2) is 18.2 Å². The van der Waals surface area contributed by atoms with Crippen LogP contribution in [0.5, 0.6) is 11.5 Å². The predicted molar refractivity (Wildman–Crippen MR) is 72.6 cm³/mol. The number of hydrogen-bond donors (Lipinski definition) is 2. The number of aliphatic hydroxyl groups excluding tert-OH is 1. The highest BCUT2D eigenvalue weighted by Crippen LogP contribution is 2.30. The van der Waals surface area contributed by atoms with Gasteiger partial charge < -0.3 is 19.9 Å². The minimum Gasteiger partial charge on any atom is -0.493 e. The van der Waals surface area contributed by atoms with Crippen LogP contribution in [0.1, 0.15) is 6.42 Å². The van der Waals surface area contributed by atoms with Crippen molar-refractivity contribution in [3.05, 3.63) is 18.2 Å². The molecule has 0 atom stereocenters. The summed E-state index contributed by atoms with van der Waals surface area (Å²) >= 11 is 3.20. The quantitative estimate of drug-likeness (QED) is 0.752. The Bertz CT molecular complexity index is 398. The molecule has 0 aliphatic rings. The molecule has 0 fully saturated rings. The molecule has 2 N–H and O–H groups in total. The van der Waals surface area contributed by atoms with Gasteiger partial charge in [0.05, 0.1) is 13.7 Å². The van der Waals surface area contributed by atoms with Crippen molar-refractivity contribution in [1.29, 1.82) is 0 Å². The van der Waals surface area contributed by atoms with Gasteiger partial charge in [-0.25, -0.2) is 0 Å². The highest BCUT2D eigenvalue weighted by Gasteiger charge is 2.07. The molecule has 0 spiro atoms. The molecular formula is C12H16BrNO4. The lowest BCUT2D eigenvalue weighted by molar-refractivity contribution is -0.115. The fraction of sp³-hybridized carbons (Fsp3) is 0.417. The molecular weight excluding hydrogens is 302 g/mol. The smallest absolute Gasteiger partial charge is 0.225 e. The molecule has 0 heterocycles. The maximum absolute atomic E-state index is 11.4. The topological polar surface area (TPSA) is 67.8 Å². The highest BCUT2D eigenvalue weighted by molar-refractivity contribution is 9.09. The number of halogens is 1. The highest BCUT2D eigenvalue weighted by atomic mass is 79.9. The standard InChI is InChI=1S/C12H16BrNO4/c1-17-10-3-2-9(14-12(16)4-5-13)8-11(10)18-7-6-15/h2-3,8,15H,4-7H2,1H3,(H,14,16). The molecule has 1 aromatic rings. The fourth-order valence-electron chi connectivity index (χ4n) is 1.33. The van der Waals surface area contributed by atoms with Gasteiger partial charge in [-0.1, -0.05) is 15.9 Å². The monoisotopic (exact) mass is 317 g/mol. The van der Waals surface area contributed by atoms with E-state index in [1.807, 2.05) is 0 Å². The van der Waals surface area contributed by atoms with Gasteiger partial charge in [0, 0.05) is 23.5 Å². The Kier molecular flexibility index (Phi) is 6.53. The Hall–Kier alpha value is -1.27. The Labute approximate surface area is 114 Å². The number of amides is 1. The van der Waals surface area contributed by atoms with E-state index in [-0.39, 0.29) is 19.1 Å². The fourth-order valence-corrected chi connectivity index (χ4v) is 1.69. The second kappa shape index (κ2) is 7.94. The van der Waals surface area contributed by atoms with Crippen LogP contribution in [0.4, 0.5) is 5.69 Å². The number of carbonyl (C=O) groups excluding carboxylic acids is 1. The maximum Gasteiger partial charge on any atom is 0.225 e. The van der Waals surface area contributed by atoms with E-state index in [9.17, 15) is 4.79 Å². The minimum absolute atomic E-state index is 0.0786. The number of rotatable bonds is 7. The van der Waals surface area contributed by atoms with Crippen LogP contribution in [-0.2, 0) is 4.79 Å². The molecule has 0 saturated heterocycles. The molecule has 1 amide bonds. The van der Waals surface area contributed by atoms with Gasteiger partial charge >= 0.3 is 0 Å². The number of aliphatic hydroxyl groups is 1. The van der Waals surface area contributed by atoms with Gasteiger partial charge in [-0.05, 0) is 12.1 Å². The van der Waals surface area contributed by atoms with Gasteiger partial charge in [-0.15, -0.1) is 0 Å². The number of ether oxygens (including phenoxy) is 2. The lowest BCUT2D eigenvalue weighted by Gasteiger charge is -2.12. The third kappa shape index (κ3) is 4.54. The molecule has 0 bridgehead atoms. The number of methoxy groups -OCH3 is 1. The van der Waals surface area contributed by atoms with E-state index in [4.69, 9.17) is 14.6 Å². The first kappa shape index (κ1) is 14.8. The van der Waals surface area contributed by atoms with Crippen molar-refractivity contribution in [2.45, 2.75) is 6.42 Å². The van der Waals surface area contributed by atoms with Crippen LogP contribution in [0.2, 0.25) is 0 Å². The Morgan fingerprint density at radius 1 is 1.44 bits per heavy atom. The average molecular weight is 318 g/mol. The van der Waals surface area contributed by atoms with E-state index < -0.39 is 0 Å². The average Bonchev–Trinajstić information content (AvgIpc) is 2.36. The largest absolute Gasteiger partial charge is 0.493 e. The van der Waals surface area contributed by atoms with E-state index in [1.54, 1.807) is 18.2 Å². The summed E-state index contributed by atoms with van der Waals surface area (Å²) in [4.78, 5) is 11.4. The molecule has 1 rings (SSSR count). The summed E-state index contributed by atoms with van der Waals surface area (Å²) in [7, 11) is 1.53. The third-order valence-corrected chi connectivity index (χ3v) is 2.51. The zero-order chi connectivity index (χ0) is 13.4. The van der Waals surface area contributed by atoms with Crippen LogP contribution >= 0.6 is 15.9 Å². The molecule has 1 aromatic carbocycles. The summed E-state index contributed by atoms with van der Waals surface area (Å²) in [6, 6.07) is 5.11. The van der Waals surface area contributed by atoms with Gasteiger partial charge in [-0.2, -0.15) is 0 Å². The Balaban J connectivity index is 2.78. The molecule has 0 saturated carbocycles. The van der Waals surface area contributed by atoms with Crippen molar-refractivity contribution in [2.75, 3.05) is 31.0 Å². The van der Waals surface area contributed by atoms with E-state index in [0.29, 0.717) is 28.9 Å². The number of anilines is 1. The number of hydrogen-bond acceptors (Lipinski definition) is 4. The van der Waals surface area contributed by atoms with E-state index >= 15 is 0 Å². The van der Waals surface area contributed by atoms with Crippen LogP contribution in [0, 0.1) is 0 Å². The van der Waals surface area contributed by atoms with Crippen molar-refractivity contribution < 1.29 is 19.4 Å². The van der Waals surface area contributed by atoms with Crippen LogP contribution in [-0.4, -0.2) is 36.7 Å². The lowest BCUT2D eigenvalue weighted by atomic mass is 10.2. The first-order chi connectivity index (χ1) is 8.71. The second-order valence-corrected chi connectivity index (χ2v) is 4.22. The summed E-state index contributed by atoms with van der Waals surface area (Å²) in [6.07, 6.45) is 0.402. The van der Waals surface area contributed by atoms with Crippen LogP contribution in [0.25, 0.3) is 0 Å². The van der Waals surface area contributed by atoms with Crippen molar-refractivity contribution >= 4 is 27.5 Å². The van der Waals surface area contributed by atoms with Crippen LogP contribution < -0.4 is 14.8 Å². The molecule has 100 valence electrons. The van der Waals surface area contributed by atoms with Crippen LogP contribution in [0.3, 0.4) is 0 Å². The van der Waals surface area contributed by atoms with Gasteiger partial charge in [0.2, 0.25) is 5.91 Å². The maximum atomic E-state index is 11.4. The molecule has 5 nitrogen and oxygen atoms in total. The Morgan fingerprint density at radius 2 is 2.22 bits per heavy atom.